The highest BCUT2D eigenvalue weighted by atomic mass is 35.5. The maximum Gasteiger partial charge on any atom is 0.325 e. The van der Waals surface area contributed by atoms with E-state index in [1.54, 1.807) is 5.38 Å². The fourth-order valence-corrected chi connectivity index (χ4v) is 3.21. The van der Waals surface area contributed by atoms with E-state index >= 15 is 0 Å². The highest BCUT2D eigenvalue weighted by molar-refractivity contribution is 7.14. The molecule has 0 fully saturated rings. The lowest BCUT2D eigenvalue weighted by molar-refractivity contribution is 0.0950. The third-order valence-corrected chi connectivity index (χ3v) is 4.89. The number of nitrogens with zero attached hydrogens (tertiary/aromatic N) is 1. The molecule has 0 spiro atoms. The van der Waals surface area contributed by atoms with Gasteiger partial charge in [0.1, 0.15) is 5.69 Å². The molecule has 0 unspecified atom stereocenters. The number of amides is 3. The second kappa shape index (κ2) is 9.34. The van der Waals surface area contributed by atoms with Gasteiger partial charge in [0.2, 0.25) is 0 Å². The van der Waals surface area contributed by atoms with Crippen molar-refractivity contribution in [2.45, 2.75) is 13.3 Å². The number of halogens is 1. The molecule has 0 saturated carbocycles. The normalized spacial score (nSPS) is 10.4. The fraction of sp³-hybridized carbons (Fsp3) is 0.150. The molecule has 3 amide bonds. The van der Waals surface area contributed by atoms with E-state index in [1.807, 2.05) is 55.5 Å². The Bertz CT molecular complexity index is 955. The number of thiazole rings is 1. The molecule has 2 aromatic carbocycles. The van der Waals surface area contributed by atoms with Crippen LogP contribution in [0, 0.1) is 6.92 Å². The number of aryl methyl sites for hydroxylation is 1. The van der Waals surface area contributed by atoms with Crippen molar-refractivity contribution < 1.29 is 9.59 Å². The second-order valence-corrected chi connectivity index (χ2v) is 7.41. The molecule has 3 rings (SSSR count). The highest BCUT2D eigenvalue weighted by Gasteiger charge is 2.12. The summed E-state index contributed by atoms with van der Waals surface area (Å²) in [5.41, 5.74) is 3.14. The van der Waals surface area contributed by atoms with Gasteiger partial charge in [-0.3, -0.25) is 10.1 Å². The number of carbonyl (C=O) groups excluding carboxylic acids is 2. The Morgan fingerprint density at radius 1 is 1.04 bits per heavy atom. The van der Waals surface area contributed by atoms with E-state index in [-0.39, 0.29) is 11.6 Å². The Labute approximate surface area is 172 Å². The Morgan fingerprint density at radius 3 is 2.46 bits per heavy atom. The number of anilines is 2. The minimum Gasteiger partial charge on any atom is -0.350 e. The van der Waals surface area contributed by atoms with Gasteiger partial charge in [0.25, 0.3) is 5.91 Å². The van der Waals surface area contributed by atoms with E-state index in [2.05, 4.69) is 20.9 Å². The molecule has 0 saturated heterocycles. The third-order valence-electron chi connectivity index (χ3n) is 3.88. The van der Waals surface area contributed by atoms with Crippen LogP contribution < -0.4 is 16.0 Å². The maximum atomic E-state index is 12.2. The summed E-state index contributed by atoms with van der Waals surface area (Å²) in [7, 11) is 0. The van der Waals surface area contributed by atoms with Crippen molar-refractivity contribution >= 4 is 45.7 Å². The van der Waals surface area contributed by atoms with Gasteiger partial charge in [0, 0.05) is 22.6 Å². The SMILES string of the molecule is Cc1ccc(NC(=O)Nc2nc(C(=O)NCCc3ccc(Cl)cc3)cs2)cc1. The first-order chi connectivity index (χ1) is 13.5. The van der Waals surface area contributed by atoms with Crippen LogP contribution in [-0.4, -0.2) is 23.5 Å². The predicted molar refractivity (Wildman–Crippen MR) is 113 cm³/mol. The molecule has 0 atom stereocenters. The second-order valence-electron chi connectivity index (χ2n) is 6.12. The quantitative estimate of drug-likeness (QED) is 0.545. The molecule has 0 aliphatic heterocycles. The highest BCUT2D eigenvalue weighted by Crippen LogP contribution is 2.16. The van der Waals surface area contributed by atoms with Crippen molar-refractivity contribution in [2.24, 2.45) is 0 Å². The summed E-state index contributed by atoms with van der Waals surface area (Å²) in [6, 6.07) is 14.5. The molecule has 6 nitrogen and oxygen atoms in total. The minimum atomic E-state index is -0.409. The van der Waals surface area contributed by atoms with E-state index in [0.717, 1.165) is 11.1 Å². The van der Waals surface area contributed by atoms with Crippen LogP contribution in [0.15, 0.2) is 53.9 Å². The van der Waals surface area contributed by atoms with E-state index in [4.69, 9.17) is 11.6 Å². The molecule has 3 N–H and O–H groups in total. The van der Waals surface area contributed by atoms with Gasteiger partial charge in [-0.25, -0.2) is 9.78 Å². The average molecular weight is 415 g/mol. The molecule has 3 aromatic rings. The van der Waals surface area contributed by atoms with Crippen LogP contribution in [0.5, 0.6) is 0 Å². The Morgan fingerprint density at radius 2 is 1.75 bits per heavy atom. The lowest BCUT2D eigenvalue weighted by Gasteiger charge is -2.05. The molecule has 8 heteroatoms. The third kappa shape index (κ3) is 5.80. The molecule has 0 aliphatic rings. The van der Waals surface area contributed by atoms with Crippen molar-refractivity contribution in [2.75, 3.05) is 17.2 Å². The summed E-state index contributed by atoms with van der Waals surface area (Å²) in [5.74, 6) is -0.280. The predicted octanol–water partition coefficient (Wildman–Crippen LogP) is 4.72. The number of aromatic nitrogens is 1. The molecule has 28 heavy (non-hydrogen) atoms. The molecule has 1 aromatic heterocycles. The number of rotatable bonds is 6. The van der Waals surface area contributed by atoms with Gasteiger partial charge in [0.15, 0.2) is 5.13 Å². The van der Waals surface area contributed by atoms with Crippen LogP contribution in [0.25, 0.3) is 0 Å². The van der Waals surface area contributed by atoms with Gasteiger partial charge in [-0.2, -0.15) is 0 Å². The number of nitrogens with one attached hydrogen (secondary N) is 3. The maximum absolute atomic E-state index is 12.2. The minimum absolute atomic E-state index is 0.270. The van der Waals surface area contributed by atoms with Crippen molar-refractivity contribution in [3.8, 4) is 0 Å². The van der Waals surface area contributed by atoms with Crippen molar-refractivity contribution in [1.82, 2.24) is 10.3 Å². The zero-order valence-electron chi connectivity index (χ0n) is 15.2. The molecule has 144 valence electrons. The summed E-state index contributed by atoms with van der Waals surface area (Å²) in [4.78, 5) is 28.4. The zero-order chi connectivity index (χ0) is 19.9. The van der Waals surface area contributed by atoms with Gasteiger partial charge in [-0.05, 0) is 43.2 Å². The number of urea groups is 1. The molecular formula is C20H19ClN4O2S. The number of hydrogen-bond donors (Lipinski definition) is 3. The van der Waals surface area contributed by atoms with Gasteiger partial charge < -0.3 is 10.6 Å². The van der Waals surface area contributed by atoms with Crippen LogP contribution in [0.4, 0.5) is 15.6 Å². The Hall–Kier alpha value is -2.90. The van der Waals surface area contributed by atoms with Gasteiger partial charge in [-0.1, -0.05) is 41.4 Å². The van der Waals surface area contributed by atoms with Crippen molar-refractivity contribution in [3.63, 3.8) is 0 Å². The van der Waals surface area contributed by atoms with Crippen molar-refractivity contribution in [1.29, 1.82) is 0 Å². The number of benzene rings is 2. The molecular weight excluding hydrogens is 396 g/mol. The van der Waals surface area contributed by atoms with Crippen LogP contribution in [0.3, 0.4) is 0 Å². The first-order valence-corrected chi connectivity index (χ1v) is 9.88. The number of hydrogen-bond acceptors (Lipinski definition) is 4. The molecule has 0 bridgehead atoms. The Kier molecular flexibility index (Phi) is 6.62. The summed E-state index contributed by atoms with van der Waals surface area (Å²) >= 11 is 7.05. The van der Waals surface area contributed by atoms with Crippen LogP contribution >= 0.6 is 22.9 Å². The Balaban J connectivity index is 1.47. The summed E-state index contributed by atoms with van der Waals surface area (Å²) in [6.45, 7) is 2.45. The molecule has 1 heterocycles. The van der Waals surface area contributed by atoms with E-state index < -0.39 is 6.03 Å². The molecule has 0 aliphatic carbocycles. The number of carbonyl (C=O) groups is 2. The van der Waals surface area contributed by atoms with Gasteiger partial charge in [0.05, 0.1) is 0 Å². The summed E-state index contributed by atoms with van der Waals surface area (Å²) in [5, 5.41) is 10.8. The average Bonchev–Trinajstić information content (AvgIpc) is 3.13. The first kappa shape index (κ1) is 19.9. The van der Waals surface area contributed by atoms with E-state index in [0.29, 0.717) is 28.8 Å². The van der Waals surface area contributed by atoms with E-state index in [1.165, 1.54) is 11.3 Å². The zero-order valence-corrected chi connectivity index (χ0v) is 16.7. The van der Waals surface area contributed by atoms with Crippen LogP contribution in [0.2, 0.25) is 5.02 Å². The monoisotopic (exact) mass is 414 g/mol. The largest absolute Gasteiger partial charge is 0.350 e. The van der Waals surface area contributed by atoms with Crippen LogP contribution in [0.1, 0.15) is 21.6 Å². The summed E-state index contributed by atoms with van der Waals surface area (Å²) < 4.78 is 0. The lowest BCUT2D eigenvalue weighted by atomic mass is 10.1. The van der Waals surface area contributed by atoms with Gasteiger partial charge >= 0.3 is 6.03 Å². The summed E-state index contributed by atoms with van der Waals surface area (Å²) in [6.07, 6.45) is 0.692. The lowest BCUT2D eigenvalue weighted by Crippen LogP contribution is -2.26. The topological polar surface area (TPSA) is 83.1 Å². The standard InChI is InChI=1S/C20H19ClN4O2S/c1-13-2-8-16(9-3-13)23-19(27)25-20-24-17(12-28-20)18(26)22-11-10-14-4-6-15(21)7-5-14/h2-9,12H,10-11H2,1H3,(H,22,26)(H2,23,24,25,27). The fourth-order valence-electron chi connectivity index (χ4n) is 2.39. The van der Waals surface area contributed by atoms with Crippen molar-refractivity contribution in [3.05, 3.63) is 75.8 Å². The van der Waals surface area contributed by atoms with Gasteiger partial charge in [-0.15, -0.1) is 11.3 Å². The molecule has 0 radical (unpaired) electrons. The first-order valence-electron chi connectivity index (χ1n) is 8.62. The van der Waals surface area contributed by atoms with E-state index in [9.17, 15) is 9.59 Å². The van der Waals surface area contributed by atoms with Crippen LogP contribution in [-0.2, 0) is 6.42 Å². The smallest absolute Gasteiger partial charge is 0.325 e.